The molecule has 156 valence electrons. The van der Waals surface area contributed by atoms with Crippen LogP contribution in [0.4, 0.5) is 0 Å². The standard InChI is InChI=1S/C21H47NO2Si2/c1-7-23-25(6,24-8-2)20-16-15-19-22(21-17-13-12-14-18-21)26(9-3,10-4)11-5/h21H,7-20H2,1-6H3. The fraction of sp³-hybridized carbons (Fsp3) is 1.00. The number of unbranched alkanes of at least 4 members (excludes halogenated alkanes) is 1. The van der Waals surface area contributed by atoms with Crippen LogP contribution in [0.1, 0.15) is 79.6 Å². The molecule has 0 N–H and O–H groups in total. The Bertz CT molecular complexity index is 344. The maximum absolute atomic E-state index is 6.04. The summed E-state index contributed by atoms with van der Waals surface area (Å²) in [6.45, 7) is 16.7. The second-order valence-corrected chi connectivity index (χ2v) is 16.7. The number of hydrogen-bond donors (Lipinski definition) is 0. The second kappa shape index (κ2) is 12.7. The van der Waals surface area contributed by atoms with Crippen LogP contribution in [0.2, 0.25) is 30.7 Å². The molecule has 1 aliphatic rings. The first kappa shape index (κ1) is 24.4. The van der Waals surface area contributed by atoms with Crippen molar-refractivity contribution in [2.75, 3.05) is 19.8 Å². The van der Waals surface area contributed by atoms with Crippen molar-refractivity contribution < 1.29 is 8.85 Å². The molecule has 0 heterocycles. The van der Waals surface area contributed by atoms with Crippen LogP contribution in [0.5, 0.6) is 0 Å². The third kappa shape index (κ3) is 7.04. The van der Waals surface area contributed by atoms with Crippen molar-refractivity contribution in [2.24, 2.45) is 0 Å². The van der Waals surface area contributed by atoms with Crippen LogP contribution < -0.4 is 0 Å². The highest BCUT2D eigenvalue weighted by molar-refractivity contribution is 6.77. The molecule has 0 radical (unpaired) electrons. The fourth-order valence-corrected chi connectivity index (χ4v) is 12.0. The maximum Gasteiger partial charge on any atom is 0.334 e. The number of rotatable bonds is 14. The van der Waals surface area contributed by atoms with Gasteiger partial charge in [-0.2, -0.15) is 0 Å². The minimum Gasteiger partial charge on any atom is -0.395 e. The first-order valence-corrected chi connectivity index (χ1v) is 16.6. The van der Waals surface area contributed by atoms with E-state index in [2.05, 4.69) is 45.7 Å². The summed E-state index contributed by atoms with van der Waals surface area (Å²) in [6, 6.07) is 6.27. The predicted molar refractivity (Wildman–Crippen MR) is 120 cm³/mol. The van der Waals surface area contributed by atoms with E-state index in [0.717, 1.165) is 25.3 Å². The summed E-state index contributed by atoms with van der Waals surface area (Å²) in [4.78, 5) is 0. The van der Waals surface area contributed by atoms with Crippen LogP contribution in [-0.4, -0.2) is 47.2 Å². The molecule has 0 spiro atoms. The molecule has 1 aliphatic carbocycles. The topological polar surface area (TPSA) is 21.7 Å². The molecule has 26 heavy (non-hydrogen) atoms. The van der Waals surface area contributed by atoms with Gasteiger partial charge in [0.25, 0.3) is 0 Å². The van der Waals surface area contributed by atoms with E-state index in [1.54, 1.807) is 0 Å². The molecule has 0 unspecified atom stereocenters. The fourth-order valence-electron chi connectivity index (χ4n) is 5.08. The zero-order valence-corrected chi connectivity index (χ0v) is 20.7. The molecule has 0 aliphatic heterocycles. The van der Waals surface area contributed by atoms with Crippen LogP contribution >= 0.6 is 0 Å². The molecule has 1 saturated carbocycles. The Kier molecular flexibility index (Phi) is 11.9. The Balaban J connectivity index is 2.68. The lowest BCUT2D eigenvalue weighted by atomic mass is 9.95. The lowest BCUT2D eigenvalue weighted by Crippen LogP contribution is -2.57. The van der Waals surface area contributed by atoms with E-state index in [9.17, 15) is 0 Å². The molecule has 0 atom stereocenters. The van der Waals surface area contributed by atoms with Crippen LogP contribution in [-0.2, 0) is 8.85 Å². The monoisotopic (exact) mass is 401 g/mol. The van der Waals surface area contributed by atoms with Crippen molar-refractivity contribution in [1.29, 1.82) is 0 Å². The van der Waals surface area contributed by atoms with Crippen LogP contribution in [0, 0.1) is 0 Å². The largest absolute Gasteiger partial charge is 0.395 e. The molecule has 0 aromatic rings. The summed E-state index contributed by atoms with van der Waals surface area (Å²) in [5.41, 5.74) is 0. The average Bonchev–Trinajstić information content (AvgIpc) is 2.66. The maximum atomic E-state index is 6.04. The first-order chi connectivity index (χ1) is 12.5. The Morgan fingerprint density at radius 2 is 1.35 bits per heavy atom. The van der Waals surface area contributed by atoms with Gasteiger partial charge in [0.2, 0.25) is 0 Å². The molecule has 0 aromatic heterocycles. The van der Waals surface area contributed by atoms with Crippen molar-refractivity contribution in [3.63, 3.8) is 0 Å². The van der Waals surface area contributed by atoms with E-state index in [-0.39, 0.29) is 0 Å². The molecule has 0 bridgehead atoms. The lowest BCUT2D eigenvalue weighted by molar-refractivity contribution is 0.187. The lowest BCUT2D eigenvalue weighted by Gasteiger charge is -2.47. The van der Waals surface area contributed by atoms with Gasteiger partial charge in [-0.05, 0) is 70.4 Å². The number of nitrogens with zero attached hydrogens (tertiary/aromatic N) is 1. The second-order valence-electron chi connectivity index (χ2n) is 8.23. The van der Waals surface area contributed by atoms with Gasteiger partial charge in [0.1, 0.15) is 8.24 Å². The predicted octanol–water partition coefficient (Wildman–Crippen LogP) is 6.55. The van der Waals surface area contributed by atoms with Gasteiger partial charge in [-0.3, -0.25) is 0 Å². The van der Waals surface area contributed by atoms with Gasteiger partial charge < -0.3 is 13.4 Å². The third-order valence-corrected chi connectivity index (χ3v) is 15.6. The van der Waals surface area contributed by atoms with E-state index in [4.69, 9.17) is 8.85 Å². The van der Waals surface area contributed by atoms with Crippen LogP contribution in [0.25, 0.3) is 0 Å². The first-order valence-electron chi connectivity index (χ1n) is 11.5. The molecule has 3 nitrogen and oxygen atoms in total. The van der Waals surface area contributed by atoms with Gasteiger partial charge in [0.15, 0.2) is 0 Å². The molecule has 0 saturated heterocycles. The SMILES string of the molecule is CCO[Si](C)(CCCCN(C1CCCCC1)[Si](CC)(CC)CC)OCC. The van der Waals surface area contributed by atoms with Gasteiger partial charge >= 0.3 is 8.56 Å². The Hall–Kier alpha value is 0.314. The number of hydrogen-bond acceptors (Lipinski definition) is 3. The van der Waals surface area contributed by atoms with Crippen molar-refractivity contribution in [3.05, 3.63) is 0 Å². The normalized spacial score (nSPS) is 17.2. The molecule has 0 aromatic carbocycles. The zero-order valence-electron chi connectivity index (χ0n) is 18.7. The third-order valence-electron chi connectivity index (χ3n) is 6.78. The Morgan fingerprint density at radius 1 is 0.808 bits per heavy atom. The molecular formula is C21H47NO2Si2. The van der Waals surface area contributed by atoms with E-state index in [0.29, 0.717) is 0 Å². The van der Waals surface area contributed by atoms with Crippen LogP contribution in [0.15, 0.2) is 0 Å². The van der Waals surface area contributed by atoms with Gasteiger partial charge in [-0.15, -0.1) is 0 Å². The summed E-state index contributed by atoms with van der Waals surface area (Å²) in [6.07, 6.45) is 9.81. The summed E-state index contributed by atoms with van der Waals surface area (Å²) >= 11 is 0. The van der Waals surface area contributed by atoms with Gasteiger partial charge in [0.05, 0.1) is 0 Å². The summed E-state index contributed by atoms with van der Waals surface area (Å²) in [5.74, 6) is 0. The van der Waals surface area contributed by atoms with Crippen LogP contribution in [0.3, 0.4) is 0 Å². The van der Waals surface area contributed by atoms with E-state index in [1.165, 1.54) is 69.6 Å². The minimum absolute atomic E-state index is 0.786. The summed E-state index contributed by atoms with van der Waals surface area (Å²) in [5, 5.41) is 0. The van der Waals surface area contributed by atoms with Crippen molar-refractivity contribution in [3.8, 4) is 0 Å². The van der Waals surface area contributed by atoms with Crippen molar-refractivity contribution in [1.82, 2.24) is 4.57 Å². The van der Waals surface area contributed by atoms with Gasteiger partial charge in [-0.25, -0.2) is 0 Å². The zero-order chi connectivity index (χ0) is 19.5. The molecule has 5 heteroatoms. The quantitative estimate of drug-likeness (QED) is 0.243. The Labute approximate surface area is 166 Å². The van der Waals surface area contributed by atoms with E-state index >= 15 is 0 Å². The van der Waals surface area contributed by atoms with Crippen molar-refractivity contribution >= 4 is 16.8 Å². The van der Waals surface area contributed by atoms with Gasteiger partial charge in [-0.1, -0.05) is 46.5 Å². The average molecular weight is 402 g/mol. The molecule has 0 amide bonds. The smallest absolute Gasteiger partial charge is 0.334 e. The van der Waals surface area contributed by atoms with E-state index in [1.807, 2.05) is 0 Å². The Morgan fingerprint density at radius 3 is 1.81 bits per heavy atom. The highest BCUT2D eigenvalue weighted by Crippen LogP contribution is 2.33. The molecular weight excluding hydrogens is 354 g/mol. The molecule has 1 rings (SSSR count). The summed E-state index contributed by atoms with van der Waals surface area (Å²) in [7, 11) is -3.22. The molecule has 1 fully saturated rings. The highest BCUT2D eigenvalue weighted by atomic mass is 28.4. The van der Waals surface area contributed by atoms with Crippen molar-refractivity contribution in [2.45, 2.75) is 116 Å². The van der Waals surface area contributed by atoms with E-state index < -0.39 is 16.8 Å². The van der Waals surface area contributed by atoms with Gasteiger partial charge in [0, 0.05) is 19.3 Å². The minimum atomic E-state index is -1.94. The summed E-state index contributed by atoms with van der Waals surface area (Å²) < 4.78 is 15.1. The highest BCUT2D eigenvalue weighted by Gasteiger charge is 2.38.